The van der Waals surface area contributed by atoms with Gasteiger partial charge in [0.05, 0.1) is 11.7 Å². The number of hydrogen-bond acceptors (Lipinski definition) is 5. The van der Waals surface area contributed by atoms with E-state index in [1.807, 2.05) is 20.8 Å². The fraction of sp³-hybridized carbons (Fsp3) is 0.929. The van der Waals surface area contributed by atoms with Crippen molar-refractivity contribution in [1.29, 1.82) is 0 Å². The standard InChI is InChI=1S/C28H46BN5O4/c1-16(35)31-28(24(36)32-25(2,3)4)15-17-11-19(33-34-30)14-20(17)21(28)9-8-10-29-37-23-13-18-12-22(26(18,5)6)27(23,7)38-29/h17-23H,8-15H2,1-7H3,(H,31,35)(H,32,36)/t17-,18+,19+,20-,21+,22+,23-,27+,28+/m1/s1. The second-order valence-electron chi connectivity index (χ2n) is 14.8. The van der Waals surface area contributed by atoms with Crippen molar-refractivity contribution >= 4 is 18.9 Å². The van der Waals surface area contributed by atoms with Gasteiger partial charge in [-0.3, -0.25) is 9.59 Å². The number of rotatable bonds is 7. The summed E-state index contributed by atoms with van der Waals surface area (Å²) >= 11 is 0. The van der Waals surface area contributed by atoms with Crippen molar-refractivity contribution in [3.63, 3.8) is 0 Å². The first-order chi connectivity index (χ1) is 17.7. The molecule has 2 N–H and O–H groups in total. The Labute approximate surface area is 227 Å². The topological polar surface area (TPSA) is 125 Å². The highest BCUT2D eigenvalue weighted by Crippen LogP contribution is 2.66. The quantitative estimate of drug-likeness (QED) is 0.209. The zero-order valence-electron chi connectivity index (χ0n) is 24.3. The Bertz CT molecular complexity index is 1030. The molecule has 2 bridgehead atoms. The molecule has 0 aromatic heterocycles. The Hall–Kier alpha value is -1.77. The van der Waals surface area contributed by atoms with Crippen LogP contribution in [0.2, 0.25) is 6.32 Å². The fourth-order valence-electron chi connectivity index (χ4n) is 9.22. The van der Waals surface area contributed by atoms with Crippen LogP contribution in [0, 0.1) is 35.0 Å². The number of fused-ring (bicyclic) bond motifs is 1. The second-order valence-corrected chi connectivity index (χ2v) is 14.8. The average Bonchev–Trinajstić information content (AvgIpc) is 3.41. The fourth-order valence-corrected chi connectivity index (χ4v) is 9.22. The lowest BCUT2D eigenvalue weighted by Crippen LogP contribution is -2.65. The van der Waals surface area contributed by atoms with E-state index in [0.717, 1.165) is 38.4 Å². The van der Waals surface area contributed by atoms with Crippen LogP contribution in [-0.2, 0) is 18.9 Å². The van der Waals surface area contributed by atoms with E-state index < -0.39 is 11.1 Å². The van der Waals surface area contributed by atoms with E-state index in [9.17, 15) is 9.59 Å². The summed E-state index contributed by atoms with van der Waals surface area (Å²) in [7, 11) is -0.226. The number of azide groups is 1. The number of amides is 2. The highest BCUT2D eigenvalue weighted by atomic mass is 16.7. The first-order valence-corrected chi connectivity index (χ1v) is 14.7. The number of carbonyl (C=O) groups is 2. The van der Waals surface area contributed by atoms with Crippen molar-refractivity contribution in [3.8, 4) is 0 Å². The molecular formula is C28H46BN5O4. The minimum absolute atomic E-state index is 0.0383. The predicted molar refractivity (Wildman–Crippen MR) is 146 cm³/mol. The number of hydrogen-bond donors (Lipinski definition) is 2. The molecule has 0 radical (unpaired) electrons. The third-order valence-electron chi connectivity index (χ3n) is 10.9. The Morgan fingerprint density at radius 2 is 1.89 bits per heavy atom. The summed E-state index contributed by atoms with van der Waals surface area (Å²) in [4.78, 5) is 29.4. The van der Waals surface area contributed by atoms with E-state index in [4.69, 9.17) is 14.8 Å². The lowest BCUT2D eigenvalue weighted by atomic mass is 9.43. The maximum Gasteiger partial charge on any atom is 0.457 e. The highest BCUT2D eigenvalue weighted by Gasteiger charge is 2.68. The van der Waals surface area contributed by atoms with Gasteiger partial charge in [-0.05, 0) is 113 Å². The van der Waals surface area contributed by atoms with E-state index in [1.54, 1.807) is 0 Å². The van der Waals surface area contributed by atoms with Crippen LogP contribution in [0.25, 0.3) is 10.4 Å². The molecule has 1 aliphatic heterocycles. The molecule has 5 saturated carbocycles. The van der Waals surface area contributed by atoms with Gasteiger partial charge in [0.25, 0.3) is 0 Å². The Kier molecular flexibility index (Phi) is 6.88. The van der Waals surface area contributed by atoms with Gasteiger partial charge in [0.1, 0.15) is 5.54 Å². The van der Waals surface area contributed by atoms with Gasteiger partial charge < -0.3 is 19.9 Å². The Balaban J connectivity index is 1.31. The zero-order valence-corrected chi connectivity index (χ0v) is 24.3. The van der Waals surface area contributed by atoms with Gasteiger partial charge in [-0.15, -0.1) is 0 Å². The van der Waals surface area contributed by atoms with Crippen molar-refractivity contribution in [3.05, 3.63) is 10.4 Å². The van der Waals surface area contributed by atoms with E-state index in [1.165, 1.54) is 13.3 Å². The lowest BCUT2D eigenvalue weighted by Gasteiger charge is -2.64. The molecule has 0 aromatic rings. The maximum atomic E-state index is 13.8. The van der Waals surface area contributed by atoms with Crippen LogP contribution in [-0.4, -0.2) is 47.8 Å². The smallest absolute Gasteiger partial charge is 0.405 e. The third-order valence-corrected chi connectivity index (χ3v) is 10.9. The van der Waals surface area contributed by atoms with Crippen LogP contribution >= 0.6 is 0 Å². The molecule has 0 aromatic carbocycles. The van der Waals surface area contributed by atoms with Gasteiger partial charge in [-0.25, -0.2) is 0 Å². The Morgan fingerprint density at radius 1 is 1.16 bits per heavy atom. The molecule has 9 nitrogen and oxygen atoms in total. The van der Waals surface area contributed by atoms with Crippen LogP contribution in [0.3, 0.4) is 0 Å². The van der Waals surface area contributed by atoms with Gasteiger partial charge >= 0.3 is 7.12 Å². The van der Waals surface area contributed by atoms with E-state index in [2.05, 4.69) is 41.4 Å². The molecule has 2 amide bonds. The molecule has 10 heteroatoms. The summed E-state index contributed by atoms with van der Waals surface area (Å²) in [5, 5.41) is 10.3. The molecule has 38 heavy (non-hydrogen) atoms. The summed E-state index contributed by atoms with van der Waals surface area (Å²) in [5.74, 6) is 1.38. The average molecular weight is 528 g/mol. The summed E-state index contributed by atoms with van der Waals surface area (Å²) < 4.78 is 13.1. The van der Waals surface area contributed by atoms with Gasteiger partial charge in [-0.1, -0.05) is 25.4 Å². The largest absolute Gasteiger partial charge is 0.457 e. The number of carbonyl (C=O) groups excluding carboxylic acids is 2. The van der Waals surface area contributed by atoms with E-state index in [-0.39, 0.29) is 54.4 Å². The van der Waals surface area contributed by atoms with Gasteiger partial charge in [-0.2, -0.15) is 0 Å². The van der Waals surface area contributed by atoms with Crippen molar-refractivity contribution in [2.75, 3.05) is 0 Å². The van der Waals surface area contributed by atoms with Crippen LogP contribution in [0.4, 0.5) is 0 Å². The minimum Gasteiger partial charge on any atom is -0.405 e. The monoisotopic (exact) mass is 527 g/mol. The van der Waals surface area contributed by atoms with Crippen molar-refractivity contribution in [2.24, 2.45) is 40.1 Å². The first-order valence-electron chi connectivity index (χ1n) is 14.7. The summed E-state index contributed by atoms with van der Waals surface area (Å²) in [6.45, 7) is 14.4. The van der Waals surface area contributed by atoms with Gasteiger partial charge in [0.15, 0.2) is 0 Å². The SMILES string of the molecule is CC(=O)N[C@@]1(C(=O)NC(C)(C)C)C[C@H]2C[C@H](N=[N+]=[N-])C[C@H]2[C@@H]1CCCB1O[C@@H]2C[C@@H]3C[C@@H](C3(C)C)[C@]2(C)O1. The summed E-state index contributed by atoms with van der Waals surface area (Å²) in [5.41, 5.74) is 7.75. The van der Waals surface area contributed by atoms with Crippen LogP contribution in [0.1, 0.15) is 93.4 Å². The Morgan fingerprint density at radius 3 is 2.53 bits per heavy atom. The van der Waals surface area contributed by atoms with Gasteiger partial charge in [0, 0.05) is 23.4 Å². The van der Waals surface area contributed by atoms with Crippen molar-refractivity contribution in [2.45, 2.75) is 129 Å². The number of nitrogens with zero attached hydrogens (tertiary/aromatic N) is 3. The zero-order chi connectivity index (χ0) is 27.7. The van der Waals surface area contributed by atoms with Crippen molar-refractivity contribution in [1.82, 2.24) is 10.6 Å². The summed E-state index contributed by atoms with van der Waals surface area (Å²) in [6.07, 6.45) is 6.97. The number of nitrogens with one attached hydrogen (secondary N) is 2. The minimum atomic E-state index is -0.960. The molecular weight excluding hydrogens is 481 g/mol. The molecule has 210 valence electrons. The van der Waals surface area contributed by atoms with E-state index in [0.29, 0.717) is 23.7 Å². The van der Waals surface area contributed by atoms with E-state index >= 15 is 0 Å². The van der Waals surface area contributed by atoms with Crippen molar-refractivity contribution < 1.29 is 18.9 Å². The molecule has 6 aliphatic rings. The highest BCUT2D eigenvalue weighted by molar-refractivity contribution is 6.45. The first kappa shape index (κ1) is 27.8. The molecule has 9 atom stereocenters. The molecule has 0 spiro atoms. The van der Waals surface area contributed by atoms with Gasteiger partial charge in [0.2, 0.25) is 11.8 Å². The molecule has 6 rings (SSSR count). The maximum absolute atomic E-state index is 13.8. The molecule has 0 unspecified atom stereocenters. The second kappa shape index (κ2) is 9.41. The normalized spacial score (nSPS) is 42.5. The van der Waals surface area contributed by atoms with Crippen LogP contribution in [0.15, 0.2) is 5.11 Å². The van der Waals surface area contributed by atoms with Crippen LogP contribution < -0.4 is 10.6 Å². The lowest BCUT2D eigenvalue weighted by molar-refractivity contribution is -0.199. The molecule has 5 aliphatic carbocycles. The molecule has 6 fully saturated rings. The molecule has 1 heterocycles. The van der Waals surface area contributed by atoms with Crippen LogP contribution in [0.5, 0.6) is 0 Å². The predicted octanol–water partition coefficient (Wildman–Crippen LogP) is 5.01. The molecule has 1 saturated heterocycles. The summed E-state index contributed by atoms with van der Waals surface area (Å²) in [6, 6.07) is -0.0436. The third kappa shape index (κ3) is 4.54.